The third-order valence-corrected chi connectivity index (χ3v) is 4.78. The van der Waals surface area contributed by atoms with Crippen molar-refractivity contribution in [1.29, 1.82) is 0 Å². The fraction of sp³-hybridized carbons (Fsp3) is 0.125. The van der Waals surface area contributed by atoms with Gasteiger partial charge in [0, 0.05) is 15.5 Å². The minimum absolute atomic E-state index is 0.354. The molecule has 20 heavy (non-hydrogen) atoms. The Morgan fingerprint density at radius 2 is 1.90 bits per heavy atom. The normalized spacial score (nSPS) is 11.9. The molecule has 0 saturated heterocycles. The van der Waals surface area contributed by atoms with E-state index in [1.807, 2.05) is 43.3 Å². The fourth-order valence-corrected chi connectivity index (χ4v) is 3.44. The average molecular weight is 287 g/mol. The maximum Gasteiger partial charge on any atom is 0.338 e. The Balaban J connectivity index is 2.51. The Hall–Kier alpha value is -2.07. The second kappa shape index (κ2) is 5.92. The number of hydrogen-bond acceptors (Lipinski definition) is 3. The minimum Gasteiger partial charge on any atom is -0.465 e. The largest absolute Gasteiger partial charge is 0.465 e. The first-order valence-corrected chi connectivity index (χ1v) is 7.51. The monoisotopic (exact) mass is 287 g/mol. The highest BCUT2D eigenvalue weighted by atomic mass is 32.2. The van der Waals surface area contributed by atoms with E-state index in [0.717, 1.165) is 15.4 Å². The lowest BCUT2D eigenvalue weighted by Gasteiger charge is -2.14. The molecule has 0 aromatic heterocycles. The molecule has 0 bridgehead atoms. The van der Waals surface area contributed by atoms with Crippen molar-refractivity contribution in [2.75, 3.05) is 12.8 Å². The van der Waals surface area contributed by atoms with Crippen molar-refractivity contribution >= 4 is 28.0 Å². The van der Waals surface area contributed by atoms with Gasteiger partial charge in [-0.2, -0.15) is 0 Å². The second-order valence-electron chi connectivity index (χ2n) is 4.42. The van der Waals surface area contributed by atoms with Gasteiger partial charge in [-0.15, -0.1) is 10.5 Å². The van der Waals surface area contributed by atoms with E-state index < -0.39 is 10.5 Å². The van der Waals surface area contributed by atoms with E-state index in [9.17, 15) is 4.79 Å². The Morgan fingerprint density at radius 3 is 2.55 bits per heavy atom. The van der Waals surface area contributed by atoms with Crippen LogP contribution in [-0.2, 0) is 4.74 Å². The summed E-state index contributed by atoms with van der Waals surface area (Å²) in [6, 6.07) is 13.2. The van der Waals surface area contributed by atoms with Crippen molar-refractivity contribution in [2.45, 2.75) is 16.7 Å². The van der Waals surface area contributed by atoms with Gasteiger partial charge in [-0.25, -0.2) is 4.79 Å². The summed E-state index contributed by atoms with van der Waals surface area (Å²) in [6.45, 7) is 1.99. The molecule has 2 rings (SSSR count). The highest BCUT2D eigenvalue weighted by Crippen LogP contribution is 2.39. The van der Waals surface area contributed by atoms with Crippen LogP contribution in [0.25, 0.3) is 0 Å². The molecule has 2 N–H and O–H groups in total. The predicted octanol–water partition coefficient (Wildman–Crippen LogP) is 3.48. The van der Waals surface area contributed by atoms with Crippen molar-refractivity contribution < 1.29 is 9.53 Å². The van der Waals surface area contributed by atoms with Crippen LogP contribution < -0.4 is 5.73 Å². The van der Waals surface area contributed by atoms with E-state index in [1.54, 1.807) is 6.07 Å². The highest BCUT2D eigenvalue weighted by Gasteiger charge is 2.14. The lowest BCUT2D eigenvalue weighted by molar-refractivity contribution is 0.0597. The second-order valence-corrected chi connectivity index (χ2v) is 6.08. The molecule has 0 spiro atoms. The number of methoxy groups -OCH3 is 1. The summed E-state index contributed by atoms with van der Waals surface area (Å²) in [5.74, 6) is 3.83. The van der Waals surface area contributed by atoms with Gasteiger partial charge in [-0.05, 0) is 36.8 Å². The lowest BCUT2D eigenvalue weighted by atomic mass is 10.2. The summed E-state index contributed by atoms with van der Waals surface area (Å²) >= 11 is 0. The first kappa shape index (κ1) is 14.3. The third kappa shape index (κ3) is 2.75. The zero-order chi connectivity index (χ0) is 14.7. The van der Waals surface area contributed by atoms with Gasteiger partial charge >= 0.3 is 5.97 Å². The van der Waals surface area contributed by atoms with Crippen molar-refractivity contribution in [3.8, 4) is 0 Å². The fourth-order valence-electron chi connectivity index (χ4n) is 1.97. The van der Waals surface area contributed by atoms with Crippen molar-refractivity contribution in [3.63, 3.8) is 0 Å². The maximum absolute atomic E-state index is 11.8. The van der Waals surface area contributed by atoms with Crippen molar-refractivity contribution in [2.24, 2.45) is 0 Å². The number of hydrogen-bond donors (Lipinski definition) is 1. The van der Waals surface area contributed by atoms with Crippen LogP contribution in [0.4, 0.5) is 5.69 Å². The summed E-state index contributed by atoms with van der Waals surface area (Å²) < 4.78 is 4.82. The Bertz CT molecular complexity index is 680. The van der Waals surface area contributed by atoms with Crippen LogP contribution in [0.3, 0.4) is 0 Å². The molecule has 104 valence electrons. The van der Waals surface area contributed by atoms with Gasteiger partial charge in [0.15, 0.2) is 0 Å². The highest BCUT2D eigenvalue weighted by molar-refractivity contribution is 8.14. The van der Waals surface area contributed by atoms with E-state index in [1.165, 1.54) is 7.11 Å². The molecule has 3 nitrogen and oxygen atoms in total. The molecule has 0 radical (unpaired) electrons. The van der Waals surface area contributed by atoms with Gasteiger partial charge in [0.25, 0.3) is 0 Å². The van der Waals surface area contributed by atoms with Crippen LogP contribution in [-0.4, -0.2) is 18.9 Å². The van der Waals surface area contributed by atoms with Crippen LogP contribution in [0.1, 0.15) is 15.9 Å². The maximum atomic E-state index is 11.8. The number of esters is 1. The van der Waals surface area contributed by atoms with Gasteiger partial charge in [-0.3, -0.25) is 0 Å². The number of carbonyl (C=O) groups is 1. The van der Waals surface area contributed by atoms with Crippen LogP contribution in [0.5, 0.6) is 0 Å². The standard InChI is InChI=1S/C16H17NO2S/c1-11-8-9-15(13(17)10-11)20(3)14-7-5-4-6-12(14)16(18)19-2/h4-10H,3,17H2,1-2H3. The van der Waals surface area contributed by atoms with Crippen molar-refractivity contribution in [1.82, 2.24) is 0 Å². The molecular formula is C16H17NO2S. The zero-order valence-corrected chi connectivity index (χ0v) is 12.4. The van der Waals surface area contributed by atoms with Crippen molar-refractivity contribution in [3.05, 3.63) is 53.6 Å². The minimum atomic E-state index is -0.526. The Labute approximate surface area is 121 Å². The summed E-state index contributed by atoms with van der Waals surface area (Å²) in [5, 5.41) is 0. The van der Waals surface area contributed by atoms with Gasteiger partial charge in [0.1, 0.15) is 0 Å². The molecule has 0 fully saturated rings. The molecule has 0 aliphatic rings. The molecule has 2 aromatic rings. The molecular weight excluding hydrogens is 270 g/mol. The van der Waals surface area contributed by atoms with Gasteiger partial charge in [0.2, 0.25) is 0 Å². The van der Waals surface area contributed by atoms with E-state index in [4.69, 9.17) is 10.5 Å². The number of rotatable bonds is 3. The van der Waals surface area contributed by atoms with E-state index in [0.29, 0.717) is 11.3 Å². The predicted molar refractivity (Wildman–Crippen MR) is 84.6 cm³/mol. The van der Waals surface area contributed by atoms with Crippen LogP contribution in [0, 0.1) is 6.92 Å². The van der Waals surface area contributed by atoms with E-state index in [-0.39, 0.29) is 5.97 Å². The summed E-state index contributed by atoms with van der Waals surface area (Å²) in [7, 11) is 0.849. The van der Waals surface area contributed by atoms with Crippen LogP contribution in [0.15, 0.2) is 52.3 Å². The quantitative estimate of drug-likeness (QED) is 0.534. The molecule has 0 heterocycles. The smallest absolute Gasteiger partial charge is 0.338 e. The molecule has 4 heteroatoms. The van der Waals surface area contributed by atoms with Gasteiger partial charge in [-0.1, -0.05) is 24.1 Å². The zero-order valence-electron chi connectivity index (χ0n) is 11.6. The molecule has 0 saturated carbocycles. The molecule has 1 unspecified atom stereocenters. The molecule has 2 aromatic carbocycles. The summed E-state index contributed by atoms with van der Waals surface area (Å²) in [4.78, 5) is 13.6. The Kier molecular flexibility index (Phi) is 4.25. The number of carbonyl (C=O) groups excluding carboxylic acids is 1. The Morgan fingerprint density at radius 1 is 1.20 bits per heavy atom. The third-order valence-electron chi connectivity index (χ3n) is 2.99. The molecule has 0 aliphatic carbocycles. The molecule has 1 atom stereocenters. The van der Waals surface area contributed by atoms with E-state index in [2.05, 4.69) is 5.87 Å². The molecule has 0 amide bonds. The summed E-state index contributed by atoms with van der Waals surface area (Å²) in [6.07, 6.45) is 0. The summed E-state index contributed by atoms with van der Waals surface area (Å²) in [5.41, 5.74) is 8.40. The topological polar surface area (TPSA) is 52.3 Å². The number of aryl methyl sites for hydroxylation is 1. The number of nitrogens with two attached hydrogens (primary N) is 1. The van der Waals surface area contributed by atoms with Crippen LogP contribution >= 0.6 is 10.5 Å². The lowest BCUT2D eigenvalue weighted by Crippen LogP contribution is -2.03. The number of anilines is 1. The first-order valence-electron chi connectivity index (χ1n) is 6.12. The van der Waals surface area contributed by atoms with Gasteiger partial charge in [0.05, 0.1) is 12.7 Å². The first-order chi connectivity index (χ1) is 9.54. The SMILES string of the molecule is C=S(c1ccc(C)cc1N)c1ccccc1C(=O)OC. The van der Waals surface area contributed by atoms with Gasteiger partial charge < -0.3 is 10.5 Å². The van der Waals surface area contributed by atoms with E-state index >= 15 is 0 Å². The number of nitrogen functional groups attached to an aromatic ring is 1. The number of ether oxygens (including phenoxy) is 1. The average Bonchev–Trinajstić information content (AvgIpc) is 2.46. The van der Waals surface area contributed by atoms with Crippen LogP contribution in [0.2, 0.25) is 0 Å². The number of benzene rings is 2. The molecule has 0 aliphatic heterocycles.